The second-order valence-corrected chi connectivity index (χ2v) is 4.21. The van der Waals surface area contributed by atoms with Crippen molar-refractivity contribution in [3.05, 3.63) is 0 Å². The first-order chi connectivity index (χ1) is 8.09. The molecule has 0 saturated carbocycles. The zero-order chi connectivity index (χ0) is 12.5. The van der Waals surface area contributed by atoms with Crippen LogP contribution in [0.15, 0.2) is 0 Å². The second kappa shape index (κ2) is 4.72. The Morgan fingerprint density at radius 3 is 2.53 bits per heavy atom. The van der Waals surface area contributed by atoms with Crippen LogP contribution in [-0.4, -0.2) is 55.5 Å². The Morgan fingerprint density at radius 2 is 2.06 bits per heavy atom. The highest BCUT2D eigenvalue weighted by atomic mass is 16.9. The van der Waals surface area contributed by atoms with Crippen LogP contribution >= 0.6 is 0 Å². The number of hydrogen-bond acceptors (Lipinski definition) is 5. The summed E-state index contributed by atoms with van der Waals surface area (Å²) in [6.07, 6.45) is 1.07. The van der Waals surface area contributed by atoms with Gasteiger partial charge in [-0.25, -0.2) is 0 Å². The van der Waals surface area contributed by atoms with Gasteiger partial charge in [0.1, 0.15) is 19.3 Å². The molecular weight excluding hydrogens is 226 g/mol. The molecule has 0 aromatic rings. The number of nitrogens with zero attached hydrogens (tertiary/aromatic N) is 1. The molecule has 1 atom stereocenters. The number of ether oxygens (including phenoxy) is 3. The highest BCUT2D eigenvalue weighted by Crippen LogP contribution is 2.33. The molecule has 2 saturated heterocycles. The van der Waals surface area contributed by atoms with Crippen LogP contribution in [0.5, 0.6) is 0 Å². The minimum absolute atomic E-state index is 0.0292. The van der Waals surface area contributed by atoms with E-state index >= 15 is 0 Å². The quantitative estimate of drug-likeness (QED) is 0.693. The third kappa shape index (κ3) is 2.20. The van der Waals surface area contributed by atoms with Gasteiger partial charge in [0.2, 0.25) is 5.91 Å². The lowest BCUT2D eigenvalue weighted by atomic mass is 10.1. The minimum Gasteiger partial charge on any atom is -0.335 e. The Bertz CT molecular complexity index is 320. The number of rotatable bonds is 3. The lowest BCUT2D eigenvalue weighted by molar-refractivity contribution is -0.402. The van der Waals surface area contributed by atoms with Crippen molar-refractivity contribution in [2.24, 2.45) is 0 Å². The van der Waals surface area contributed by atoms with Gasteiger partial charge in [-0.05, 0) is 13.3 Å². The van der Waals surface area contributed by atoms with Gasteiger partial charge in [0, 0.05) is 20.1 Å². The molecular formula is C11H17NO5. The van der Waals surface area contributed by atoms with Crippen molar-refractivity contribution in [1.82, 2.24) is 4.90 Å². The molecule has 96 valence electrons. The molecule has 2 aliphatic heterocycles. The average molecular weight is 243 g/mol. The molecule has 17 heavy (non-hydrogen) atoms. The van der Waals surface area contributed by atoms with Gasteiger partial charge in [0.25, 0.3) is 0 Å². The summed E-state index contributed by atoms with van der Waals surface area (Å²) in [6.45, 7) is 2.16. The van der Waals surface area contributed by atoms with Gasteiger partial charge in [-0.15, -0.1) is 0 Å². The lowest BCUT2D eigenvalue weighted by Crippen LogP contribution is -2.58. The maximum atomic E-state index is 11.5. The minimum atomic E-state index is -1.27. The van der Waals surface area contributed by atoms with Crippen LogP contribution in [0.2, 0.25) is 0 Å². The summed E-state index contributed by atoms with van der Waals surface area (Å²) < 4.78 is 16.4. The molecule has 2 aliphatic rings. The predicted octanol–water partition coefficient (Wildman–Crippen LogP) is -0.0866. The van der Waals surface area contributed by atoms with Crippen LogP contribution in [0.3, 0.4) is 0 Å². The molecule has 6 nitrogen and oxygen atoms in total. The Morgan fingerprint density at radius 1 is 1.41 bits per heavy atom. The van der Waals surface area contributed by atoms with Gasteiger partial charge >= 0.3 is 5.97 Å². The van der Waals surface area contributed by atoms with Gasteiger partial charge in [-0.1, -0.05) is 0 Å². The Labute approximate surface area is 99.8 Å². The van der Waals surface area contributed by atoms with E-state index in [1.165, 1.54) is 0 Å². The van der Waals surface area contributed by atoms with Gasteiger partial charge < -0.3 is 19.1 Å². The number of carbonyl (C=O) groups excluding carboxylic acids is 2. The van der Waals surface area contributed by atoms with E-state index in [9.17, 15) is 9.59 Å². The summed E-state index contributed by atoms with van der Waals surface area (Å²) >= 11 is 0. The zero-order valence-electron chi connectivity index (χ0n) is 10.1. The average Bonchev–Trinajstić information content (AvgIpc) is 2.64. The first kappa shape index (κ1) is 12.5. The van der Waals surface area contributed by atoms with Crippen molar-refractivity contribution in [3.8, 4) is 0 Å². The van der Waals surface area contributed by atoms with Gasteiger partial charge in [0.15, 0.2) is 5.78 Å². The fourth-order valence-corrected chi connectivity index (χ4v) is 2.24. The summed E-state index contributed by atoms with van der Waals surface area (Å²) in [6, 6.07) is -0.289. The summed E-state index contributed by atoms with van der Waals surface area (Å²) in [5.74, 6) is -1.35. The Kier molecular flexibility index (Phi) is 3.46. The highest BCUT2D eigenvalue weighted by Gasteiger charge is 2.51. The predicted molar refractivity (Wildman–Crippen MR) is 57.1 cm³/mol. The van der Waals surface area contributed by atoms with Crippen LogP contribution in [-0.2, 0) is 23.8 Å². The summed E-state index contributed by atoms with van der Waals surface area (Å²) in [5, 5.41) is 0. The number of carbonyl (C=O) groups is 2. The van der Waals surface area contributed by atoms with E-state index in [0.29, 0.717) is 19.4 Å². The third-order valence-electron chi connectivity index (χ3n) is 3.11. The fourth-order valence-electron chi connectivity index (χ4n) is 2.24. The van der Waals surface area contributed by atoms with Gasteiger partial charge in [0.05, 0.1) is 0 Å². The molecule has 0 bridgehead atoms. The molecule has 1 unspecified atom stereocenters. The van der Waals surface area contributed by atoms with Crippen molar-refractivity contribution in [2.75, 3.05) is 26.9 Å². The van der Waals surface area contributed by atoms with E-state index in [-0.39, 0.29) is 30.9 Å². The number of ketones is 1. The molecule has 0 aromatic carbocycles. The number of likely N-dealkylation sites (tertiary alicyclic amines) is 1. The molecule has 2 rings (SSSR count). The molecule has 0 N–H and O–H groups in total. The topological polar surface area (TPSA) is 65.1 Å². The summed E-state index contributed by atoms with van der Waals surface area (Å²) in [7, 11) is 1.70. The number of Topliss-reactive ketones (excluding diaryl/α,β-unsaturated/α-hetero) is 1. The van der Waals surface area contributed by atoms with E-state index in [2.05, 4.69) is 0 Å². The third-order valence-corrected chi connectivity index (χ3v) is 3.11. The van der Waals surface area contributed by atoms with Crippen LogP contribution in [0.4, 0.5) is 0 Å². The molecule has 1 amide bonds. The first-order valence-electron chi connectivity index (χ1n) is 5.78. The fraction of sp³-hybridized carbons (Fsp3) is 0.818. The van der Waals surface area contributed by atoms with Gasteiger partial charge in [-0.3, -0.25) is 9.59 Å². The van der Waals surface area contributed by atoms with Crippen molar-refractivity contribution in [2.45, 2.75) is 31.8 Å². The van der Waals surface area contributed by atoms with E-state index in [0.717, 1.165) is 0 Å². The molecule has 6 heteroatoms. The van der Waals surface area contributed by atoms with Crippen molar-refractivity contribution >= 4 is 11.7 Å². The molecule has 2 fully saturated rings. The molecule has 2 heterocycles. The van der Waals surface area contributed by atoms with Gasteiger partial charge in [-0.2, -0.15) is 0 Å². The van der Waals surface area contributed by atoms with E-state index in [4.69, 9.17) is 14.2 Å². The number of amides is 1. The maximum Gasteiger partial charge on any atom is 0.305 e. The van der Waals surface area contributed by atoms with Crippen molar-refractivity contribution in [1.29, 1.82) is 0 Å². The van der Waals surface area contributed by atoms with Crippen LogP contribution in [0.1, 0.15) is 19.8 Å². The summed E-state index contributed by atoms with van der Waals surface area (Å²) in [4.78, 5) is 24.2. The van der Waals surface area contributed by atoms with E-state index < -0.39 is 5.97 Å². The Balaban J connectivity index is 2.16. The van der Waals surface area contributed by atoms with Crippen molar-refractivity contribution in [3.63, 3.8) is 0 Å². The molecule has 0 radical (unpaired) electrons. The highest BCUT2D eigenvalue weighted by molar-refractivity contribution is 5.81. The second-order valence-electron chi connectivity index (χ2n) is 4.21. The monoisotopic (exact) mass is 243 g/mol. The molecule has 0 aliphatic carbocycles. The standard InChI is InChI=1S/C11H17NO5/c1-3-15-11(16-6-8(13)7-17-11)9-4-5-10(14)12(9)2/h9H,3-7H2,1-2H3. The SMILES string of the molecule is CCOC1(C2CCC(=O)N2C)OCC(=O)CO1. The molecule has 0 aromatic heterocycles. The molecule has 0 spiro atoms. The van der Waals surface area contributed by atoms with Crippen LogP contribution in [0.25, 0.3) is 0 Å². The zero-order valence-corrected chi connectivity index (χ0v) is 10.1. The number of likely N-dealkylation sites (N-methyl/N-ethyl adjacent to an activating group) is 1. The number of hydrogen-bond donors (Lipinski definition) is 0. The summed E-state index contributed by atoms with van der Waals surface area (Å²) in [5.41, 5.74) is 0. The Hall–Kier alpha value is -0.980. The van der Waals surface area contributed by atoms with Crippen LogP contribution in [0, 0.1) is 0 Å². The largest absolute Gasteiger partial charge is 0.335 e. The van der Waals surface area contributed by atoms with Crippen molar-refractivity contribution < 1.29 is 23.8 Å². The maximum absolute atomic E-state index is 11.5. The van der Waals surface area contributed by atoms with Crippen LogP contribution < -0.4 is 0 Å². The van der Waals surface area contributed by atoms with E-state index in [1.807, 2.05) is 6.92 Å². The van der Waals surface area contributed by atoms with E-state index in [1.54, 1.807) is 11.9 Å². The lowest BCUT2D eigenvalue weighted by Gasteiger charge is -2.41. The normalized spacial score (nSPS) is 28.8. The first-order valence-corrected chi connectivity index (χ1v) is 5.78. The smallest absolute Gasteiger partial charge is 0.305 e.